The molecule has 0 radical (unpaired) electrons. The first-order chi connectivity index (χ1) is 9.93. The van der Waals surface area contributed by atoms with Crippen LogP contribution in [0.3, 0.4) is 0 Å². The molecule has 2 aliphatic heterocycles. The minimum absolute atomic E-state index is 0. The molecule has 7 heteroatoms. The van der Waals surface area contributed by atoms with Gasteiger partial charge in [0.1, 0.15) is 0 Å². The van der Waals surface area contributed by atoms with E-state index in [1.165, 1.54) is 0 Å². The van der Waals surface area contributed by atoms with Gasteiger partial charge in [0.15, 0.2) is 0 Å². The van der Waals surface area contributed by atoms with Crippen molar-refractivity contribution in [2.24, 2.45) is 11.8 Å². The van der Waals surface area contributed by atoms with Gasteiger partial charge >= 0.3 is 6.18 Å². The van der Waals surface area contributed by atoms with Crippen molar-refractivity contribution in [3.8, 4) is 0 Å². The summed E-state index contributed by atoms with van der Waals surface area (Å²) in [5, 5.41) is 6.39. The van der Waals surface area contributed by atoms with E-state index in [0.717, 1.165) is 32.1 Å². The molecule has 3 aliphatic rings. The van der Waals surface area contributed by atoms with E-state index in [9.17, 15) is 18.0 Å². The number of alkyl halides is 3. The summed E-state index contributed by atoms with van der Waals surface area (Å²) in [7, 11) is 0. The summed E-state index contributed by atoms with van der Waals surface area (Å²) in [5.74, 6) is -2.71. The number of hydrogen-bond acceptors (Lipinski definition) is 2. The first kappa shape index (κ1) is 17.9. The summed E-state index contributed by atoms with van der Waals surface area (Å²) < 4.78 is 39.2. The Hall–Kier alpha value is -0.490. The number of fused-ring (bicyclic) bond motifs is 2. The number of carbonyl (C=O) groups excluding carboxylic acids is 1. The van der Waals surface area contributed by atoms with Gasteiger partial charge in [-0.1, -0.05) is 12.8 Å². The van der Waals surface area contributed by atoms with Gasteiger partial charge in [-0.3, -0.25) is 4.79 Å². The van der Waals surface area contributed by atoms with Gasteiger partial charge in [0.25, 0.3) is 0 Å². The molecular weight excluding hydrogens is 317 g/mol. The molecule has 0 spiro atoms. The van der Waals surface area contributed by atoms with Gasteiger partial charge < -0.3 is 10.6 Å². The maximum absolute atomic E-state index is 13.1. The summed E-state index contributed by atoms with van der Waals surface area (Å²) in [5.41, 5.74) is 0. The predicted molar refractivity (Wildman–Crippen MR) is 79.9 cm³/mol. The quantitative estimate of drug-likeness (QED) is 0.810. The Labute approximate surface area is 135 Å². The molecule has 128 valence electrons. The highest BCUT2D eigenvalue weighted by Crippen LogP contribution is 2.41. The molecular formula is C15H24ClF3N2O. The van der Waals surface area contributed by atoms with Crippen LogP contribution in [0, 0.1) is 11.8 Å². The number of hydrogen-bond donors (Lipinski definition) is 2. The second kappa shape index (κ2) is 6.95. The van der Waals surface area contributed by atoms with Crippen molar-refractivity contribution in [3.63, 3.8) is 0 Å². The van der Waals surface area contributed by atoms with Gasteiger partial charge in [0, 0.05) is 24.0 Å². The van der Waals surface area contributed by atoms with Crippen molar-refractivity contribution in [3.05, 3.63) is 0 Å². The average Bonchev–Trinajstić information content (AvgIpc) is 2.77. The summed E-state index contributed by atoms with van der Waals surface area (Å²) >= 11 is 0. The van der Waals surface area contributed by atoms with Crippen LogP contribution in [0.25, 0.3) is 0 Å². The zero-order valence-electron chi connectivity index (χ0n) is 12.5. The highest BCUT2D eigenvalue weighted by Gasteiger charge is 2.48. The van der Waals surface area contributed by atoms with Crippen LogP contribution in [0.4, 0.5) is 13.2 Å². The van der Waals surface area contributed by atoms with E-state index in [4.69, 9.17) is 0 Å². The molecule has 0 aromatic heterocycles. The van der Waals surface area contributed by atoms with Crippen molar-refractivity contribution >= 4 is 18.3 Å². The second-order valence-corrected chi connectivity index (χ2v) is 6.85. The van der Waals surface area contributed by atoms with Gasteiger partial charge in [0.2, 0.25) is 5.91 Å². The van der Waals surface area contributed by atoms with E-state index >= 15 is 0 Å². The van der Waals surface area contributed by atoms with Crippen LogP contribution in [0.2, 0.25) is 0 Å². The van der Waals surface area contributed by atoms with E-state index in [1.807, 2.05) is 0 Å². The third-order valence-corrected chi connectivity index (χ3v) is 5.34. The fraction of sp³-hybridized carbons (Fsp3) is 0.933. The number of amides is 1. The number of piperidine rings is 1. The van der Waals surface area contributed by atoms with Gasteiger partial charge in [-0.25, -0.2) is 0 Å². The minimum Gasteiger partial charge on any atom is -0.353 e. The van der Waals surface area contributed by atoms with Crippen LogP contribution >= 0.6 is 12.4 Å². The van der Waals surface area contributed by atoms with Crippen LogP contribution in [0.15, 0.2) is 0 Å². The normalized spacial score (nSPS) is 38.2. The molecule has 3 nitrogen and oxygen atoms in total. The van der Waals surface area contributed by atoms with Crippen molar-refractivity contribution in [2.75, 3.05) is 0 Å². The summed E-state index contributed by atoms with van der Waals surface area (Å²) in [6, 6.07) is 0.907. The van der Waals surface area contributed by atoms with Crippen LogP contribution in [0.5, 0.6) is 0 Å². The lowest BCUT2D eigenvalue weighted by atomic mass is 9.78. The average molecular weight is 341 g/mol. The molecule has 4 atom stereocenters. The molecule has 3 rings (SSSR count). The highest BCUT2D eigenvalue weighted by molar-refractivity contribution is 5.85. The smallest absolute Gasteiger partial charge is 0.353 e. The van der Waals surface area contributed by atoms with Crippen molar-refractivity contribution < 1.29 is 18.0 Å². The number of carbonyl (C=O) groups is 1. The monoisotopic (exact) mass is 340 g/mol. The van der Waals surface area contributed by atoms with Crippen LogP contribution in [-0.2, 0) is 4.79 Å². The molecule has 0 aromatic carbocycles. The first-order valence-corrected chi connectivity index (χ1v) is 8.06. The molecule has 2 N–H and O–H groups in total. The molecule has 1 aliphatic carbocycles. The lowest BCUT2D eigenvalue weighted by Gasteiger charge is -2.35. The zero-order valence-corrected chi connectivity index (χ0v) is 13.3. The molecule has 22 heavy (non-hydrogen) atoms. The van der Waals surface area contributed by atoms with Crippen molar-refractivity contribution in [1.29, 1.82) is 0 Å². The fourth-order valence-corrected chi connectivity index (χ4v) is 4.32. The highest BCUT2D eigenvalue weighted by atomic mass is 35.5. The third kappa shape index (κ3) is 3.88. The Morgan fingerprint density at radius 1 is 1.00 bits per heavy atom. The second-order valence-electron chi connectivity index (χ2n) is 6.85. The summed E-state index contributed by atoms with van der Waals surface area (Å²) in [6.07, 6.45) is 1.45. The molecule has 0 aromatic rings. The lowest BCUT2D eigenvalue weighted by Crippen LogP contribution is -2.51. The van der Waals surface area contributed by atoms with Gasteiger partial charge in [-0.2, -0.15) is 13.2 Å². The van der Waals surface area contributed by atoms with E-state index in [2.05, 4.69) is 10.6 Å². The number of nitrogens with one attached hydrogen (secondary N) is 2. The third-order valence-electron chi connectivity index (χ3n) is 5.34. The Morgan fingerprint density at radius 3 is 2.18 bits per heavy atom. The van der Waals surface area contributed by atoms with E-state index in [0.29, 0.717) is 24.9 Å². The van der Waals surface area contributed by atoms with Gasteiger partial charge in [-0.15, -0.1) is 12.4 Å². The van der Waals surface area contributed by atoms with E-state index in [-0.39, 0.29) is 30.8 Å². The molecule has 3 fully saturated rings. The Kier molecular flexibility index (Phi) is 5.64. The Morgan fingerprint density at radius 2 is 1.59 bits per heavy atom. The minimum atomic E-state index is -4.25. The molecule has 4 unspecified atom stereocenters. The maximum atomic E-state index is 13.1. The molecule has 2 saturated heterocycles. The first-order valence-electron chi connectivity index (χ1n) is 8.06. The van der Waals surface area contributed by atoms with Crippen LogP contribution in [0.1, 0.15) is 51.4 Å². The van der Waals surface area contributed by atoms with Gasteiger partial charge in [-0.05, 0) is 38.5 Å². The number of rotatable bonds is 2. The summed E-state index contributed by atoms with van der Waals surface area (Å²) in [4.78, 5) is 12.3. The largest absolute Gasteiger partial charge is 0.392 e. The van der Waals surface area contributed by atoms with Crippen LogP contribution < -0.4 is 10.6 Å². The van der Waals surface area contributed by atoms with E-state index < -0.39 is 18.0 Å². The van der Waals surface area contributed by atoms with E-state index in [1.54, 1.807) is 0 Å². The number of halogens is 4. The molecule has 2 heterocycles. The fourth-order valence-electron chi connectivity index (χ4n) is 4.32. The standard InChI is InChI=1S/C15H23F3N2O.ClH/c16-15(17,18)13-4-2-1-3-12(13)14(21)20-11-7-9-5-6-10(8-11)19-9;/h9-13,19H,1-8H2,(H,20,21);1H. The molecule has 2 bridgehead atoms. The predicted octanol–water partition coefficient (Wildman–Crippen LogP) is 3.18. The van der Waals surface area contributed by atoms with Gasteiger partial charge in [0.05, 0.1) is 5.92 Å². The molecule has 1 amide bonds. The lowest BCUT2D eigenvalue weighted by molar-refractivity contribution is -0.198. The summed E-state index contributed by atoms with van der Waals surface area (Å²) in [6.45, 7) is 0. The Balaban J connectivity index is 0.00000176. The Bertz CT molecular complexity index is 393. The molecule has 1 saturated carbocycles. The van der Waals surface area contributed by atoms with Crippen molar-refractivity contribution in [1.82, 2.24) is 10.6 Å². The maximum Gasteiger partial charge on any atom is 0.392 e. The zero-order chi connectivity index (χ0) is 15.0. The van der Waals surface area contributed by atoms with Crippen molar-refractivity contribution in [2.45, 2.75) is 75.7 Å². The SMILES string of the molecule is Cl.O=C(NC1CC2CCC(C1)N2)C1CCCCC1C(F)(F)F. The topological polar surface area (TPSA) is 41.1 Å². The van der Waals surface area contributed by atoms with Crippen LogP contribution in [-0.4, -0.2) is 30.2 Å².